The maximum absolute atomic E-state index is 12.9. The monoisotopic (exact) mass is 370 g/mol. The highest BCUT2D eigenvalue weighted by Gasteiger charge is 2.52. The minimum absolute atomic E-state index is 0.261. The van der Waals surface area contributed by atoms with Crippen LogP contribution in [0.5, 0.6) is 0 Å². The molecular formula is C23H30O4. The largest absolute Gasteiger partial charge is 0.447 e. The van der Waals surface area contributed by atoms with Crippen LogP contribution in [-0.2, 0) is 19.1 Å². The molecule has 0 amide bonds. The van der Waals surface area contributed by atoms with Crippen molar-refractivity contribution < 1.29 is 19.1 Å². The van der Waals surface area contributed by atoms with E-state index in [0.717, 1.165) is 67.2 Å². The van der Waals surface area contributed by atoms with E-state index in [1.165, 1.54) is 0 Å². The van der Waals surface area contributed by atoms with Crippen LogP contribution >= 0.6 is 0 Å². The van der Waals surface area contributed by atoms with Crippen molar-refractivity contribution in [2.45, 2.75) is 84.7 Å². The molecule has 3 rings (SSSR count). The average Bonchev–Trinajstić information content (AvgIpc) is 3.14. The second-order valence-corrected chi connectivity index (χ2v) is 8.00. The minimum atomic E-state index is -0.753. The molecule has 27 heavy (non-hydrogen) atoms. The van der Waals surface area contributed by atoms with Crippen LogP contribution in [-0.4, -0.2) is 17.5 Å². The summed E-state index contributed by atoms with van der Waals surface area (Å²) in [6, 6.07) is 4.12. The van der Waals surface area contributed by atoms with Crippen LogP contribution < -0.4 is 0 Å². The normalized spacial score (nSPS) is 18.3. The molecule has 4 heteroatoms. The maximum Gasteiger partial charge on any atom is 0.343 e. The van der Waals surface area contributed by atoms with Gasteiger partial charge < -0.3 is 9.47 Å². The second kappa shape index (κ2) is 7.87. The van der Waals surface area contributed by atoms with E-state index in [1.54, 1.807) is 0 Å². The highest BCUT2D eigenvalue weighted by Crippen LogP contribution is 2.49. The third kappa shape index (κ3) is 3.80. The van der Waals surface area contributed by atoms with Crippen molar-refractivity contribution in [2.24, 2.45) is 0 Å². The molecular weight excluding hydrogens is 340 g/mol. The van der Waals surface area contributed by atoms with Crippen molar-refractivity contribution in [1.82, 2.24) is 0 Å². The first-order chi connectivity index (χ1) is 12.9. The highest BCUT2D eigenvalue weighted by molar-refractivity contribution is 6.20. The van der Waals surface area contributed by atoms with Gasteiger partial charge in [0.15, 0.2) is 11.4 Å². The van der Waals surface area contributed by atoms with Crippen molar-refractivity contribution in [3.8, 4) is 0 Å². The van der Waals surface area contributed by atoms with Crippen molar-refractivity contribution in [1.29, 1.82) is 0 Å². The Hall–Kier alpha value is -2.10. The van der Waals surface area contributed by atoms with Gasteiger partial charge in [-0.3, -0.25) is 4.79 Å². The zero-order valence-electron chi connectivity index (χ0n) is 16.9. The van der Waals surface area contributed by atoms with E-state index >= 15 is 0 Å². The number of ether oxygens (including phenoxy) is 2. The molecule has 0 aromatic heterocycles. The molecule has 1 fully saturated rings. The van der Waals surface area contributed by atoms with E-state index in [4.69, 9.17) is 9.47 Å². The molecule has 146 valence electrons. The van der Waals surface area contributed by atoms with Gasteiger partial charge in [-0.1, -0.05) is 37.5 Å². The Kier molecular flexibility index (Phi) is 5.73. The van der Waals surface area contributed by atoms with E-state index in [-0.39, 0.29) is 11.9 Å². The molecule has 0 atom stereocenters. The predicted octanol–water partition coefficient (Wildman–Crippen LogP) is 5.32. The van der Waals surface area contributed by atoms with Crippen LogP contribution in [0, 0.1) is 20.8 Å². The summed E-state index contributed by atoms with van der Waals surface area (Å²) in [5.74, 6) is -0.159. The predicted molar refractivity (Wildman–Crippen MR) is 105 cm³/mol. The molecule has 0 bridgehead atoms. The number of carbonyl (C=O) groups excluding carboxylic acids is 2. The Balaban J connectivity index is 2.05. The lowest BCUT2D eigenvalue weighted by Crippen LogP contribution is -2.30. The lowest BCUT2D eigenvalue weighted by atomic mass is 9.90. The molecule has 4 nitrogen and oxygen atoms in total. The molecule has 0 saturated heterocycles. The average molecular weight is 370 g/mol. The van der Waals surface area contributed by atoms with Gasteiger partial charge in [-0.2, -0.15) is 0 Å². The van der Waals surface area contributed by atoms with Crippen molar-refractivity contribution in [2.75, 3.05) is 0 Å². The molecule has 1 spiro atoms. The minimum Gasteiger partial charge on any atom is -0.447 e. The molecule has 0 N–H and O–H groups in total. The fourth-order valence-corrected chi connectivity index (χ4v) is 4.49. The Morgan fingerprint density at radius 2 is 1.74 bits per heavy atom. The van der Waals surface area contributed by atoms with Crippen LogP contribution in [0.25, 0.3) is 5.57 Å². The number of benzene rings is 1. The fourth-order valence-electron chi connectivity index (χ4n) is 4.49. The third-order valence-corrected chi connectivity index (χ3v) is 5.67. The molecule has 0 unspecified atom stereocenters. The van der Waals surface area contributed by atoms with Gasteiger partial charge in [0.25, 0.3) is 0 Å². The van der Waals surface area contributed by atoms with E-state index in [9.17, 15) is 9.59 Å². The highest BCUT2D eigenvalue weighted by atomic mass is 16.6. The molecule has 1 aliphatic heterocycles. The van der Waals surface area contributed by atoms with Crippen molar-refractivity contribution in [3.05, 3.63) is 40.1 Å². The Morgan fingerprint density at radius 3 is 2.33 bits per heavy atom. The summed E-state index contributed by atoms with van der Waals surface area (Å²) in [6.07, 6.45) is 6.63. The number of rotatable bonds is 6. The molecule has 1 aromatic carbocycles. The Morgan fingerprint density at radius 1 is 1.11 bits per heavy atom. The quantitative estimate of drug-likeness (QED) is 0.502. The molecule has 1 aliphatic carbocycles. The van der Waals surface area contributed by atoms with Gasteiger partial charge in [0.1, 0.15) is 5.57 Å². The van der Waals surface area contributed by atoms with E-state index < -0.39 is 5.60 Å². The first kappa shape index (κ1) is 19.7. The summed E-state index contributed by atoms with van der Waals surface area (Å²) in [5, 5.41) is 0. The van der Waals surface area contributed by atoms with Gasteiger partial charge in [-0.05, 0) is 69.6 Å². The summed E-state index contributed by atoms with van der Waals surface area (Å²) in [5.41, 5.74) is 3.72. The van der Waals surface area contributed by atoms with Crippen LogP contribution in [0.3, 0.4) is 0 Å². The number of esters is 2. The van der Waals surface area contributed by atoms with Crippen LogP contribution in [0.4, 0.5) is 0 Å². The molecule has 1 heterocycles. The first-order valence-electron chi connectivity index (χ1n) is 10.1. The van der Waals surface area contributed by atoms with E-state index in [1.807, 2.05) is 20.8 Å². The SMILES string of the molecule is CCCCCC(=O)OC1=C(c2c(C)cc(C)cc2C)C(=O)OC12CCCC2. The summed E-state index contributed by atoms with van der Waals surface area (Å²) in [7, 11) is 0. The van der Waals surface area contributed by atoms with Crippen LogP contribution in [0.1, 0.15) is 80.5 Å². The van der Waals surface area contributed by atoms with E-state index in [0.29, 0.717) is 17.8 Å². The summed E-state index contributed by atoms with van der Waals surface area (Å²) < 4.78 is 11.7. The molecule has 1 aromatic rings. The molecule has 0 radical (unpaired) electrons. The van der Waals surface area contributed by atoms with Gasteiger partial charge in [0.05, 0.1) is 0 Å². The third-order valence-electron chi connectivity index (χ3n) is 5.67. The van der Waals surface area contributed by atoms with Crippen LogP contribution in [0.15, 0.2) is 17.9 Å². The van der Waals surface area contributed by atoms with Gasteiger partial charge in [-0.25, -0.2) is 4.79 Å². The summed E-state index contributed by atoms with van der Waals surface area (Å²) in [6.45, 7) is 8.13. The lowest BCUT2D eigenvalue weighted by molar-refractivity contribution is -0.152. The van der Waals surface area contributed by atoms with Gasteiger partial charge in [-0.15, -0.1) is 0 Å². The number of hydrogen-bond acceptors (Lipinski definition) is 4. The lowest BCUT2D eigenvalue weighted by Gasteiger charge is -2.24. The molecule has 2 aliphatic rings. The second-order valence-electron chi connectivity index (χ2n) is 8.00. The first-order valence-corrected chi connectivity index (χ1v) is 10.1. The zero-order valence-corrected chi connectivity index (χ0v) is 16.9. The zero-order chi connectivity index (χ0) is 19.6. The topological polar surface area (TPSA) is 52.6 Å². The molecule has 1 saturated carbocycles. The van der Waals surface area contributed by atoms with Crippen LogP contribution in [0.2, 0.25) is 0 Å². The smallest absolute Gasteiger partial charge is 0.343 e. The Labute approximate surface area is 161 Å². The van der Waals surface area contributed by atoms with Crippen molar-refractivity contribution in [3.63, 3.8) is 0 Å². The standard InChI is InChI=1S/C23H30O4/c1-5-6-7-10-18(24)26-21-20(19-16(3)13-15(2)14-17(19)4)22(25)27-23(21)11-8-9-12-23/h13-14H,5-12H2,1-4H3. The fraction of sp³-hybridized carbons (Fsp3) is 0.565. The summed E-state index contributed by atoms with van der Waals surface area (Å²) >= 11 is 0. The summed E-state index contributed by atoms with van der Waals surface area (Å²) in [4.78, 5) is 25.4. The Bertz CT molecular complexity index is 759. The number of carbonyl (C=O) groups is 2. The number of aryl methyl sites for hydroxylation is 3. The van der Waals surface area contributed by atoms with Gasteiger partial charge in [0.2, 0.25) is 0 Å². The maximum atomic E-state index is 12.9. The van der Waals surface area contributed by atoms with Gasteiger partial charge in [0, 0.05) is 6.42 Å². The van der Waals surface area contributed by atoms with E-state index in [2.05, 4.69) is 19.1 Å². The number of hydrogen-bond donors (Lipinski definition) is 0. The van der Waals surface area contributed by atoms with Gasteiger partial charge >= 0.3 is 11.9 Å². The number of unbranched alkanes of at least 4 members (excludes halogenated alkanes) is 2. The van der Waals surface area contributed by atoms with Crippen molar-refractivity contribution >= 4 is 17.5 Å².